The maximum Gasteiger partial charge on any atom is 0.0475 e. The number of benzene rings is 1. The Balaban J connectivity index is 2.31. The average Bonchev–Trinajstić information content (AvgIpc) is 2.86. The normalized spacial score (nSPS) is 21.1. The van der Waals surface area contributed by atoms with Gasteiger partial charge in [-0.3, -0.25) is 4.90 Å². The van der Waals surface area contributed by atoms with E-state index in [0.29, 0.717) is 18.6 Å². The van der Waals surface area contributed by atoms with Gasteiger partial charge in [0.15, 0.2) is 0 Å². The molecule has 0 aromatic heterocycles. The summed E-state index contributed by atoms with van der Waals surface area (Å²) in [6, 6.07) is 5.59. The molecule has 1 saturated heterocycles. The summed E-state index contributed by atoms with van der Waals surface area (Å²) in [6.07, 6.45) is 1.29. The molecule has 3 heteroatoms. The van der Waals surface area contributed by atoms with Crippen LogP contribution >= 0.6 is 11.8 Å². The van der Waals surface area contributed by atoms with Crippen LogP contribution in [0.4, 0.5) is 0 Å². The van der Waals surface area contributed by atoms with Crippen LogP contribution in [0, 0.1) is 20.8 Å². The highest BCUT2D eigenvalue weighted by atomic mass is 32.2. The van der Waals surface area contributed by atoms with Crippen molar-refractivity contribution in [2.75, 3.05) is 25.1 Å². The van der Waals surface area contributed by atoms with Gasteiger partial charge in [0.25, 0.3) is 0 Å². The molecule has 19 heavy (non-hydrogen) atoms. The molecular formula is C16H26N2S. The number of hydrogen-bond donors (Lipinski definition) is 1. The topological polar surface area (TPSA) is 29.3 Å². The Kier molecular flexibility index (Phi) is 4.93. The molecule has 0 saturated carbocycles. The molecule has 2 nitrogen and oxygen atoms in total. The smallest absolute Gasteiger partial charge is 0.0475 e. The van der Waals surface area contributed by atoms with Gasteiger partial charge in [-0.2, -0.15) is 11.8 Å². The van der Waals surface area contributed by atoms with Crippen LogP contribution in [0.15, 0.2) is 12.1 Å². The second-order valence-corrected chi connectivity index (χ2v) is 6.90. The first kappa shape index (κ1) is 14.9. The number of thioether (sulfide) groups is 1. The molecule has 0 bridgehead atoms. The summed E-state index contributed by atoms with van der Waals surface area (Å²) in [6.45, 7) is 7.30. The third-order valence-corrected chi connectivity index (χ3v) is 5.41. The number of likely N-dealkylation sites (N-methyl/N-ethyl adjacent to an activating group) is 1. The minimum atomic E-state index is 0.351. The molecule has 0 spiro atoms. The first-order chi connectivity index (χ1) is 9.04. The van der Waals surface area contributed by atoms with Crippen LogP contribution in [0.5, 0.6) is 0 Å². The number of nitrogens with zero attached hydrogens (tertiary/aromatic N) is 1. The number of hydrogen-bond acceptors (Lipinski definition) is 3. The van der Waals surface area contributed by atoms with Gasteiger partial charge in [-0.05, 0) is 56.7 Å². The zero-order valence-corrected chi connectivity index (χ0v) is 13.4. The SMILES string of the molecule is Cc1cc(C)c(C(CN)N(C)C2CCSC2)c(C)c1. The Hall–Kier alpha value is -0.510. The summed E-state index contributed by atoms with van der Waals surface area (Å²) >= 11 is 2.06. The third kappa shape index (κ3) is 3.15. The van der Waals surface area contributed by atoms with E-state index in [9.17, 15) is 0 Å². The minimum absolute atomic E-state index is 0.351. The van der Waals surface area contributed by atoms with Crippen molar-refractivity contribution < 1.29 is 0 Å². The van der Waals surface area contributed by atoms with Gasteiger partial charge < -0.3 is 5.73 Å². The quantitative estimate of drug-likeness (QED) is 0.918. The van der Waals surface area contributed by atoms with Crippen LogP contribution in [0.2, 0.25) is 0 Å². The molecule has 0 radical (unpaired) electrons. The molecule has 1 aliphatic heterocycles. The molecule has 1 aromatic carbocycles. The van der Waals surface area contributed by atoms with E-state index in [-0.39, 0.29) is 0 Å². The molecule has 106 valence electrons. The zero-order valence-electron chi connectivity index (χ0n) is 12.6. The Morgan fingerprint density at radius 1 is 1.32 bits per heavy atom. The molecule has 0 aliphatic carbocycles. The van der Waals surface area contributed by atoms with Gasteiger partial charge >= 0.3 is 0 Å². The van der Waals surface area contributed by atoms with Crippen molar-refractivity contribution >= 4 is 11.8 Å². The molecule has 2 rings (SSSR count). The van der Waals surface area contributed by atoms with Crippen LogP contribution in [-0.4, -0.2) is 36.0 Å². The van der Waals surface area contributed by atoms with Crippen LogP contribution in [0.1, 0.15) is 34.7 Å². The fourth-order valence-electron chi connectivity index (χ4n) is 3.30. The van der Waals surface area contributed by atoms with E-state index >= 15 is 0 Å². The first-order valence-electron chi connectivity index (χ1n) is 7.12. The molecule has 0 amide bonds. The predicted molar refractivity (Wildman–Crippen MR) is 85.9 cm³/mol. The minimum Gasteiger partial charge on any atom is -0.329 e. The molecule has 1 aromatic rings. The molecule has 1 fully saturated rings. The Morgan fingerprint density at radius 2 is 1.95 bits per heavy atom. The van der Waals surface area contributed by atoms with Crippen molar-refractivity contribution in [2.24, 2.45) is 5.73 Å². The maximum atomic E-state index is 6.10. The number of nitrogens with two attached hydrogens (primary N) is 1. The summed E-state index contributed by atoms with van der Waals surface area (Å²) in [5.74, 6) is 2.54. The molecule has 1 heterocycles. The first-order valence-corrected chi connectivity index (χ1v) is 8.27. The van der Waals surface area contributed by atoms with Gasteiger partial charge in [0, 0.05) is 24.4 Å². The lowest BCUT2D eigenvalue weighted by Crippen LogP contribution is -2.39. The van der Waals surface area contributed by atoms with Crippen molar-refractivity contribution in [3.8, 4) is 0 Å². The van der Waals surface area contributed by atoms with Crippen molar-refractivity contribution in [1.82, 2.24) is 4.90 Å². The molecule has 2 N–H and O–H groups in total. The predicted octanol–water partition coefficient (Wildman–Crippen LogP) is 3.05. The number of aryl methyl sites for hydroxylation is 3. The van der Waals surface area contributed by atoms with Crippen LogP contribution in [0.3, 0.4) is 0 Å². The highest BCUT2D eigenvalue weighted by Gasteiger charge is 2.27. The highest BCUT2D eigenvalue weighted by Crippen LogP contribution is 2.31. The van der Waals surface area contributed by atoms with E-state index in [0.717, 1.165) is 0 Å². The van der Waals surface area contributed by atoms with Gasteiger partial charge in [0.2, 0.25) is 0 Å². The van der Waals surface area contributed by atoms with Gasteiger partial charge in [0.1, 0.15) is 0 Å². The fourth-order valence-corrected chi connectivity index (χ4v) is 4.58. The lowest BCUT2D eigenvalue weighted by molar-refractivity contribution is 0.192. The summed E-state index contributed by atoms with van der Waals surface area (Å²) in [5, 5.41) is 0. The average molecular weight is 278 g/mol. The van der Waals surface area contributed by atoms with Gasteiger partial charge in [-0.25, -0.2) is 0 Å². The largest absolute Gasteiger partial charge is 0.329 e. The van der Waals surface area contributed by atoms with E-state index in [1.165, 1.54) is 40.2 Å². The van der Waals surface area contributed by atoms with E-state index < -0.39 is 0 Å². The van der Waals surface area contributed by atoms with Crippen molar-refractivity contribution in [3.63, 3.8) is 0 Å². The standard InChI is InChI=1S/C16H26N2S/c1-11-7-12(2)16(13(3)8-11)15(9-17)18(4)14-5-6-19-10-14/h7-8,14-15H,5-6,9-10,17H2,1-4H3. The highest BCUT2D eigenvalue weighted by molar-refractivity contribution is 7.99. The fraction of sp³-hybridized carbons (Fsp3) is 0.625. The lowest BCUT2D eigenvalue weighted by Gasteiger charge is -2.34. The molecule has 2 atom stereocenters. The Morgan fingerprint density at radius 3 is 2.42 bits per heavy atom. The van der Waals surface area contributed by atoms with Crippen molar-refractivity contribution in [3.05, 3.63) is 34.4 Å². The summed E-state index contributed by atoms with van der Waals surface area (Å²) < 4.78 is 0. The Labute approximate surface area is 121 Å². The van der Waals surface area contributed by atoms with Crippen LogP contribution in [0.25, 0.3) is 0 Å². The molecular weight excluding hydrogens is 252 g/mol. The lowest BCUT2D eigenvalue weighted by atomic mass is 9.92. The van der Waals surface area contributed by atoms with Crippen molar-refractivity contribution in [1.29, 1.82) is 0 Å². The maximum absolute atomic E-state index is 6.10. The summed E-state index contributed by atoms with van der Waals surface area (Å²) in [7, 11) is 2.24. The van der Waals surface area contributed by atoms with Crippen LogP contribution in [-0.2, 0) is 0 Å². The molecule has 2 unspecified atom stereocenters. The summed E-state index contributed by atoms with van der Waals surface area (Å²) in [4.78, 5) is 2.50. The van der Waals surface area contributed by atoms with Crippen LogP contribution < -0.4 is 5.73 Å². The number of rotatable bonds is 4. The van der Waals surface area contributed by atoms with Crippen molar-refractivity contribution in [2.45, 2.75) is 39.3 Å². The van der Waals surface area contributed by atoms with E-state index in [1.54, 1.807) is 0 Å². The van der Waals surface area contributed by atoms with E-state index in [1.807, 2.05) is 0 Å². The monoisotopic (exact) mass is 278 g/mol. The van der Waals surface area contributed by atoms with E-state index in [2.05, 4.69) is 56.6 Å². The second kappa shape index (κ2) is 6.29. The Bertz CT molecular complexity index is 415. The molecule has 1 aliphatic rings. The second-order valence-electron chi connectivity index (χ2n) is 5.75. The van der Waals surface area contributed by atoms with Gasteiger partial charge in [-0.15, -0.1) is 0 Å². The van der Waals surface area contributed by atoms with E-state index in [4.69, 9.17) is 5.73 Å². The van der Waals surface area contributed by atoms with Gasteiger partial charge in [-0.1, -0.05) is 17.7 Å². The third-order valence-electron chi connectivity index (χ3n) is 4.27. The summed E-state index contributed by atoms with van der Waals surface area (Å²) in [5.41, 5.74) is 11.6. The van der Waals surface area contributed by atoms with Gasteiger partial charge in [0.05, 0.1) is 0 Å². The zero-order chi connectivity index (χ0) is 14.0.